The van der Waals surface area contributed by atoms with Crippen LogP contribution in [0.15, 0.2) is 48.5 Å². The van der Waals surface area contributed by atoms with Crippen molar-refractivity contribution in [1.82, 2.24) is 10.2 Å². The highest BCUT2D eigenvalue weighted by atomic mass is 19.1. The highest BCUT2D eigenvalue weighted by Crippen LogP contribution is 2.28. The molecule has 2 atom stereocenters. The van der Waals surface area contributed by atoms with E-state index in [1.165, 1.54) is 0 Å². The second kappa shape index (κ2) is 6.98. The standard InChI is InChI=1S/C18H18FN3O3/c1-21-10-15(12-5-3-2-4-6-12)16(11-21)20-18(23)14-9-13(19)7-8-17(14)22(24)25/h2-9,15-16H,10-11H2,1H3,(H,20,23)/t15-,16+/m0/s1. The number of carbonyl (C=O) groups is 1. The normalized spacial score (nSPS) is 20.4. The van der Waals surface area contributed by atoms with Crippen molar-refractivity contribution < 1.29 is 14.1 Å². The summed E-state index contributed by atoms with van der Waals surface area (Å²) in [4.78, 5) is 25.1. The average molecular weight is 343 g/mol. The first-order valence-corrected chi connectivity index (χ1v) is 7.94. The molecule has 0 spiro atoms. The molecule has 1 amide bonds. The van der Waals surface area contributed by atoms with Gasteiger partial charge in [-0.1, -0.05) is 30.3 Å². The molecule has 1 heterocycles. The van der Waals surface area contributed by atoms with Crippen molar-refractivity contribution in [2.75, 3.05) is 20.1 Å². The maximum absolute atomic E-state index is 13.5. The first kappa shape index (κ1) is 17.0. The third-order valence-corrected chi connectivity index (χ3v) is 4.45. The van der Waals surface area contributed by atoms with E-state index in [9.17, 15) is 19.3 Å². The lowest BCUT2D eigenvalue weighted by atomic mass is 9.94. The number of halogens is 1. The van der Waals surface area contributed by atoms with E-state index in [2.05, 4.69) is 10.2 Å². The lowest BCUT2D eigenvalue weighted by molar-refractivity contribution is -0.385. The molecular formula is C18H18FN3O3. The van der Waals surface area contributed by atoms with Crippen LogP contribution in [0.3, 0.4) is 0 Å². The molecular weight excluding hydrogens is 325 g/mol. The van der Waals surface area contributed by atoms with E-state index in [1.54, 1.807) is 0 Å². The molecule has 0 aromatic heterocycles. The fraction of sp³-hybridized carbons (Fsp3) is 0.278. The van der Waals surface area contributed by atoms with Crippen molar-refractivity contribution in [2.24, 2.45) is 0 Å². The quantitative estimate of drug-likeness (QED) is 0.684. The number of nitro groups is 1. The van der Waals surface area contributed by atoms with Gasteiger partial charge in [0, 0.05) is 31.1 Å². The van der Waals surface area contributed by atoms with Crippen molar-refractivity contribution in [1.29, 1.82) is 0 Å². The maximum atomic E-state index is 13.5. The summed E-state index contributed by atoms with van der Waals surface area (Å²) in [6, 6.07) is 12.5. The summed E-state index contributed by atoms with van der Waals surface area (Å²) in [5.41, 5.74) is 0.429. The van der Waals surface area contributed by atoms with Gasteiger partial charge < -0.3 is 10.2 Å². The Hall–Kier alpha value is -2.80. The van der Waals surface area contributed by atoms with Gasteiger partial charge in [-0.3, -0.25) is 14.9 Å². The van der Waals surface area contributed by atoms with Crippen LogP contribution >= 0.6 is 0 Å². The molecule has 25 heavy (non-hydrogen) atoms. The fourth-order valence-corrected chi connectivity index (χ4v) is 3.28. The van der Waals surface area contributed by atoms with Crippen molar-refractivity contribution in [3.63, 3.8) is 0 Å². The number of benzene rings is 2. The lowest BCUT2D eigenvalue weighted by Gasteiger charge is -2.20. The molecule has 0 saturated carbocycles. The van der Waals surface area contributed by atoms with Gasteiger partial charge in [0.25, 0.3) is 11.6 Å². The molecule has 1 aliphatic heterocycles. The number of rotatable bonds is 4. The lowest BCUT2D eigenvalue weighted by Crippen LogP contribution is -2.39. The third kappa shape index (κ3) is 3.66. The smallest absolute Gasteiger partial charge is 0.282 e. The van der Waals surface area contributed by atoms with Crippen LogP contribution in [0.4, 0.5) is 10.1 Å². The van der Waals surface area contributed by atoms with Gasteiger partial charge in [-0.15, -0.1) is 0 Å². The number of likely N-dealkylation sites (N-methyl/N-ethyl adjacent to an activating group) is 1. The van der Waals surface area contributed by atoms with Crippen molar-refractivity contribution in [3.05, 3.63) is 75.6 Å². The SMILES string of the molecule is CN1C[C@@H](NC(=O)c2cc(F)ccc2[N+](=O)[O-])[C@H](c2ccccc2)C1. The Morgan fingerprint density at radius 1 is 1.24 bits per heavy atom. The Labute approximate surface area is 144 Å². The Balaban J connectivity index is 1.85. The Kier molecular flexibility index (Phi) is 4.76. The molecule has 0 aliphatic carbocycles. The van der Waals surface area contributed by atoms with Gasteiger partial charge in [0.2, 0.25) is 0 Å². The minimum absolute atomic E-state index is 0.0720. The molecule has 0 unspecified atom stereocenters. The predicted molar refractivity (Wildman–Crippen MR) is 91.0 cm³/mol. The van der Waals surface area contributed by atoms with Gasteiger partial charge in [-0.05, 0) is 24.7 Å². The molecule has 1 N–H and O–H groups in total. The number of nitrogens with zero attached hydrogens (tertiary/aromatic N) is 2. The van der Waals surface area contributed by atoms with E-state index < -0.39 is 22.3 Å². The van der Waals surface area contributed by atoms with Crippen molar-refractivity contribution in [3.8, 4) is 0 Å². The van der Waals surface area contributed by atoms with Gasteiger partial charge in [0.1, 0.15) is 11.4 Å². The molecule has 2 aromatic carbocycles. The zero-order valence-electron chi connectivity index (χ0n) is 13.7. The first-order chi connectivity index (χ1) is 12.0. The van der Waals surface area contributed by atoms with Crippen molar-refractivity contribution >= 4 is 11.6 Å². The van der Waals surface area contributed by atoms with Gasteiger partial charge in [0.05, 0.1) is 4.92 Å². The van der Waals surface area contributed by atoms with Gasteiger partial charge in [0.15, 0.2) is 0 Å². The summed E-state index contributed by atoms with van der Waals surface area (Å²) < 4.78 is 13.5. The molecule has 7 heteroatoms. The Bertz CT molecular complexity index is 797. The number of carbonyl (C=O) groups excluding carboxylic acids is 1. The highest BCUT2D eigenvalue weighted by Gasteiger charge is 2.34. The van der Waals surface area contributed by atoms with Gasteiger partial charge in [-0.2, -0.15) is 0 Å². The maximum Gasteiger partial charge on any atom is 0.282 e. The zero-order valence-corrected chi connectivity index (χ0v) is 13.7. The molecule has 1 aliphatic rings. The second-order valence-electron chi connectivity index (χ2n) is 6.24. The van der Waals surface area contributed by atoms with Crippen LogP contribution in [0.25, 0.3) is 0 Å². The Morgan fingerprint density at radius 2 is 1.96 bits per heavy atom. The summed E-state index contributed by atoms with van der Waals surface area (Å²) in [7, 11) is 1.95. The molecule has 6 nitrogen and oxygen atoms in total. The van der Waals surface area contributed by atoms with E-state index in [4.69, 9.17) is 0 Å². The van der Waals surface area contributed by atoms with Crippen LogP contribution in [0.2, 0.25) is 0 Å². The second-order valence-corrected chi connectivity index (χ2v) is 6.24. The monoisotopic (exact) mass is 343 g/mol. The highest BCUT2D eigenvalue weighted by molar-refractivity contribution is 5.98. The fourth-order valence-electron chi connectivity index (χ4n) is 3.28. The van der Waals surface area contributed by atoms with E-state index in [0.717, 1.165) is 30.3 Å². The topological polar surface area (TPSA) is 75.5 Å². The minimum atomic E-state index is -0.682. The van der Waals surface area contributed by atoms with Crippen molar-refractivity contribution in [2.45, 2.75) is 12.0 Å². The first-order valence-electron chi connectivity index (χ1n) is 7.94. The molecule has 130 valence electrons. The third-order valence-electron chi connectivity index (χ3n) is 4.45. The predicted octanol–water partition coefficient (Wildman–Crippen LogP) is 2.56. The zero-order chi connectivity index (χ0) is 18.0. The van der Waals surface area contributed by atoms with Crippen LogP contribution in [-0.2, 0) is 0 Å². The van der Waals surface area contributed by atoms with Crippen LogP contribution in [0.5, 0.6) is 0 Å². The van der Waals surface area contributed by atoms with Crippen LogP contribution in [0, 0.1) is 15.9 Å². The minimum Gasteiger partial charge on any atom is -0.347 e. The average Bonchev–Trinajstić information content (AvgIpc) is 2.95. The van der Waals surface area contributed by atoms with Gasteiger partial charge in [-0.25, -0.2) is 4.39 Å². The van der Waals surface area contributed by atoms with E-state index >= 15 is 0 Å². The Morgan fingerprint density at radius 3 is 2.64 bits per heavy atom. The molecule has 1 fully saturated rings. The number of likely N-dealkylation sites (tertiary alicyclic amines) is 1. The van der Waals surface area contributed by atoms with Crippen LogP contribution in [-0.4, -0.2) is 41.9 Å². The molecule has 1 saturated heterocycles. The molecule has 0 radical (unpaired) electrons. The van der Waals surface area contributed by atoms with Crippen LogP contribution in [0.1, 0.15) is 21.8 Å². The number of nitro benzene ring substituents is 1. The number of nitrogens with one attached hydrogen (secondary N) is 1. The summed E-state index contributed by atoms with van der Waals surface area (Å²) in [6.07, 6.45) is 0. The summed E-state index contributed by atoms with van der Waals surface area (Å²) in [6.45, 7) is 1.38. The summed E-state index contributed by atoms with van der Waals surface area (Å²) in [5.74, 6) is -1.24. The van der Waals surface area contributed by atoms with E-state index in [-0.39, 0.29) is 17.5 Å². The van der Waals surface area contributed by atoms with Crippen LogP contribution < -0.4 is 5.32 Å². The number of hydrogen-bond donors (Lipinski definition) is 1. The number of amides is 1. The van der Waals surface area contributed by atoms with E-state index in [1.807, 2.05) is 37.4 Å². The molecule has 3 rings (SSSR count). The molecule has 0 bridgehead atoms. The van der Waals surface area contributed by atoms with E-state index in [0.29, 0.717) is 6.54 Å². The largest absolute Gasteiger partial charge is 0.347 e. The number of hydrogen-bond acceptors (Lipinski definition) is 4. The molecule has 2 aromatic rings. The van der Waals surface area contributed by atoms with Gasteiger partial charge >= 0.3 is 0 Å². The summed E-state index contributed by atoms with van der Waals surface area (Å²) in [5, 5.41) is 14.0. The summed E-state index contributed by atoms with van der Waals surface area (Å²) >= 11 is 0.